The maximum atomic E-state index is 14.8. The third-order valence-corrected chi connectivity index (χ3v) is 9.57. The zero-order valence-electron chi connectivity index (χ0n) is 24.3. The molecule has 2 amide bonds. The van der Waals surface area contributed by atoms with Crippen LogP contribution in [0.25, 0.3) is 0 Å². The Morgan fingerprint density at radius 1 is 1.07 bits per heavy atom. The van der Waals surface area contributed by atoms with Crippen LogP contribution in [0.15, 0.2) is 42.5 Å². The molecule has 0 bridgehead atoms. The van der Waals surface area contributed by atoms with Gasteiger partial charge in [0, 0.05) is 12.2 Å². The van der Waals surface area contributed by atoms with Gasteiger partial charge in [-0.2, -0.15) is 0 Å². The van der Waals surface area contributed by atoms with Gasteiger partial charge in [-0.15, -0.1) is 0 Å². The Bertz CT molecular complexity index is 1240. The molecule has 2 saturated heterocycles. The summed E-state index contributed by atoms with van der Waals surface area (Å²) in [6.07, 6.45) is 10.2. The summed E-state index contributed by atoms with van der Waals surface area (Å²) in [6.45, 7) is 10.1. The first-order chi connectivity index (χ1) is 19.2. The monoisotopic (exact) mass is 550 g/mol. The van der Waals surface area contributed by atoms with Crippen molar-refractivity contribution in [3.63, 3.8) is 0 Å². The van der Waals surface area contributed by atoms with Gasteiger partial charge in [-0.05, 0) is 56.2 Å². The summed E-state index contributed by atoms with van der Waals surface area (Å²) in [5.74, 6) is -3.02. The smallest absolute Gasteiger partial charge is 0.313 e. The number of carbonyl (C=O) groups is 3. The lowest BCUT2D eigenvalue weighted by Crippen LogP contribution is -2.60. The number of allylic oxidation sites excluding steroid dienone is 1. The molecule has 4 heterocycles. The number of ether oxygens (including phenoxy) is 2. The first-order valence-electron chi connectivity index (χ1n) is 14.7. The van der Waals surface area contributed by atoms with E-state index < -0.39 is 41.1 Å². The molecule has 0 aliphatic carbocycles. The molecule has 5 rings (SSSR count). The number of benzene rings is 1. The van der Waals surface area contributed by atoms with Gasteiger partial charge >= 0.3 is 5.97 Å². The number of carbonyl (C=O) groups excluding carboxylic acids is 3. The average Bonchev–Trinajstić information content (AvgIpc) is 3.32. The molecule has 4 aliphatic rings. The van der Waals surface area contributed by atoms with Crippen LogP contribution in [-0.4, -0.2) is 70.8 Å². The van der Waals surface area contributed by atoms with E-state index in [0.29, 0.717) is 25.8 Å². The lowest BCUT2D eigenvalue weighted by atomic mass is 9.73. The Balaban J connectivity index is 1.73. The van der Waals surface area contributed by atoms with E-state index in [2.05, 4.69) is 0 Å². The molecule has 1 N–H and O–H groups in total. The lowest BCUT2D eigenvalue weighted by molar-refractivity contribution is -0.161. The third-order valence-electron chi connectivity index (χ3n) is 9.57. The number of aliphatic hydroxyl groups excluding tert-OH is 1. The fourth-order valence-electron chi connectivity index (χ4n) is 7.21. The summed E-state index contributed by atoms with van der Waals surface area (Å²) in [6, 6.07) is 4.32. The summed E-state index contributed by atoms with van der Waals surface area (Å²) in [5, 5.41) is 10.6. The molecule has 2 fully saturated rings. The Kier molecular flexibility index (Phi) is 7.70. The topological polar surface area (TPSA) is 96.4 Å². The highest BCUT2D eigenvalue weighted by Crippen LogP contribution is 2.59. The maximum absolute atomic E-state index is 14.8. The van der Waals surface area contributed by atoms with Gasteiger partial charge in [0.2, 0.25) is 5.91 Å². The summed E-state index contributed by atoms with van der Waals surface area (Å²) in [5.41, 5.74) is 0.266. The van der Waals surface area contributed by atoms with Gasteiger partial charge < -0.3 is 24.4 Å². The maximum Gasteiger partial charge on any atom is 0.313 e. The van der Waals surface area contributed by atoms with E-state index in [9.17, 15) is 19.5 Å². The van der Waals surface area contributed by atoms with E-state index >= 15 is 0 Å². The summed E-state index contributed by atoms with van der Waals surface area (Å²) in [4.78, 5) is 46.4. The molecule has 7 atom stereocenters. The zero-order valence-corrected chi connectivity index (χ0v) is 24.3. The molecule has 4 aliphatic heterocycles. The van der Waals surface area contributed by atoms with Crippen LogP contribution in [0.1, 0.15) is 57.6 Å². The number of anilines is 1. The van der Waals surface area contributed by atoms with Crippen LogP contribution >= 0.6 is 0 Å². The van der Waals surface area contributed by atoms with E-state index in [-0.39, 0.29) is 30.9 Å². The van der Waals surface area contributed by atoms with Crippen LogP contribution in [0.4, 0.5) is 5.69 Å². The minimum atomic E-state index is -1.38. The molecular weight excluding hydrogens is 508 g/mol. The van der Waals surface area contributed by atoms with Crippen LogP contribution < -0.4 is 4.90 Å². The number of amides is 2. The number of aryl methyl sites for hydroxylation is 2. The van der Waals surface area contributed by atoms with Gasteiger partial charge in [-0.1, -0.05) is 63.6 Å². The molecular formula is C32H42N2O6. The van der Waals surface area contributed by atoms with Crippen molar-refractivity contribution >= 4 is 23.5 Å². The van der Waals surface area contributed by atoms with Gasteiger partial charge in [0.25, 0.3) is 5.91 Å². The van der Waals surface area contributed by atoms with Crippen LogP contribution in [0.3, 0.4) is 0 Å². The Hall–Kier alpha value is -2.97. The summed E-state index contributed by atoms with van der Waals surface area (Å²) in [7, 11) is 0. The van der Waals surface area contributed by atoms with Crippen molar-refractivity contribution < 1.29 is 29.0 Å². The van der Waals surface area contributed by atoms with Gasteiger partial charge in [-0.3, -0.25) is 14.4 Å². The number of hydrogen-bond acceptors (Lipinski definition) is 6. The predicted octanol–water partition coefficient (Wildman–Crippen LogP) is 3.87. The molecule has 216 valence electrons. The number of rotatable bonds is 6. The first kappa shape index (κ1) is 28.6. The minimum Gasteiger partial charge on any atom is -0.465 e. The molecule has 0 aromatic heterocycles. The van der Waals surface area contributed by atoms with Gasteiger partial charge in [0.05, 0.1) is 25.2 Å². The van der Waals surface area contributed by atoms with Gasteiger partial charge in [-0.25, -0.2) is 0 Å². The highest BCUT2D eigenvalue weighted by Gasteiger charge is 2.76. The molecule has 8 nitrogen and oxygen atoms in total. The van der Waals surface area contributed by atoms with Crippen molar-refractivity contribution in [3.05, 3.63) is 53.6 Å². The Morgan fingerprint density at radius 2 is 1.85 bits per heavy atom. The summed E-state index contributed by atoms with van der Waals surface area (Å²) >= 11 is 0. The van der Waals surface area contributed by atoms with E-state index in [1.54, 1.807) is 9.80 Å². The molecule has 1 unspecified atom stereocenters. The average molecular weight is 551 g/mol. The van der Waals surface area contributed by atoms with E-state index in [0.717, 1.165) is 23.2 Å². The number of aliphatic hydroxyl groups is 1. The third kappa shape index (κ3) is 4.22. The molecule has 1 aromatic rings. The second-order valence-electron chi connectivity index (χ2n) is 11.9. The van der Waals surface area contributed by atoms with E-state index in [1.807, 2.05) is 77.1 Å². The number of cyclic esters (lactones) is 1. The SMILES string of the molecule is CC[C@H](C)[C@H](CO)N1C(=O)[C@@H]2[C@@H]3C(=O)OCCC/C=C\[C@]3(CC)O[C@@]23C=CCN(c2cc(C)ccc2C)C(=O)C13. The Morgan fingerprint density at radius 3 is 2.55 bits per heavy atom. The first-order valence-corrected chi connectivity index (χ1v) is 14.7. The largest absolute Gasteiger partial charge is 0.465 e. The van der Waals surface area contributed by atoms with Crippen molar-refractivity contribution in [2.75, 3.05) is 24.7 Å². The number of hydrogen-bond donors (Lipinski definition) is 1. The van der Waals surface area contributed by atoms with Crippen molar-refractivity contribution in [2.24, 2.45) is 17.8 Å². The molecule has 8 heteroatoms. The molecule has 1 aromatic carbocycles. The number of likely N-dealkylation sites (tertiary alicyclic amines) is 1. The zero-order chi connectivity index (χ0) is 28.8. The van der Waals surface area contributed by atoms with Crippen LogP contribution in [-0.2, 0) is 23.9 Å². The Labute approximate surface area is 237 Å². The van der Waals surface area contributed by atoms with Crippen LogP contribution in [0.5, 0.6) is 0 Å². The highest BCUT2D eigenvalue weighted by atomic mass is 16.6. The predicted molar refractivity (Wildman–Crippen MR) is 152 cm³/mol. The van der Waals surface area contributed by atoms with Gasteiger partial charge in [0.15, 0.2) is 0 Å². The highest BCUT2D eigenvalue weighted by molar-refractivity contribution is 6.06. The van der Waals surface area contributed by atoms with E-state index in [4.69, 9.17) is 9.47 Å². The van der Waals surface area contributed by atoms with Crippen molar-refractivity contribution in [1.29, 1.82) is 0 Å². The minimum absolute atomic E-state index is 0.0812. The molecule has 0 saturated carbocycles. The number of esters is 1. The fraction of sp³-hybridized carbons (Fsp3) is 0.594. The van der Waals surface area contributed by atoms with Gasteiger partial charge in [0.1, 0.15) is 23.2 Å². The van der Waals surface area contributed by atoms with Crippen molar-refractivity contribution in [1.82, 2.24) is 4.90 Å². The summed E-state index contributed by atoms with van der Waals surface area (Å²) < 4.78 is 12.7. The second kappa shape index (κ2) is 10.8. The fourth-order valence-corrected chi connectivity index (χ4v) is 7.21. The number of nitrogens with zero attached hydrogens (tertiary/aromatic N) is 2. The standard InChI is InChI=1S/C32H42N2O6/c1-6-21(4)24(19-35)34-27-29(37)33(23-18-20(3)12-13-22(23)5)16-11-15-32(27)25(28(34)36)26-30(38)39-17-10-8-9-14-31(26,7-2)40-32/h9,11-15,18,21,24-27,35H,6-8,10,16-17,19H2,1-5H3/b14-9-/t21-,24-,25-,26+,27?,31-,32-/m0/s1. The van der Waals surface area contributed by atoms with Crippen LogP contribution in [0.2, 0.25) is 0 Å². The molecule has 0 radical (unpaired) electrons. The van der Waals surface area contributed by atoms with Crippen molar-refractivity contribution in [2.45, 2.75) is 83.6 Å². The molecule has 1 spiro atoms. The lowest BCUT2D eigenvalue weighted by Gasteiger charge is -2.42. The van der Waals surface area contributed by atoms with Crippen LogP contribution in [0, 0.1) is 31.6 Å². The second-order valence-corrected chi connectivity index (χ2v) is 11.9. The quantitative estimate of drug-likeness (QED) is 0.427. The van der Waals surface area contributed by atoms with Crippen molar-refractivity contribution in [3.8, 4) is 0 Å². The normalized spacial score (nSPS) is 34.1. The molecule has 40 heavy (non-hydrogen) atoms. The number of fused-ring (bicyclic) bond motifs is 2. The van der Waals surface area contributed by atoms with E-state index in [1.165, 1.54) is 0 Å².